The summed E-state index contributed by atoms with van der Waals surface area (Å²) in [5.41, 5.74) is 0. The van der Waals surface area contributed by atoms with E-state index in [0.29, 0.717) is 24.7 Å². The summed E-state index contributed by atoms with van der Waals surface area (Å²) < 4.78 is 15.2. The predicted molar refractivity (Wildman–Crippen MR) is 118 cm³/mol. The molecule has 0 heterocycles. The van der Waals surface area contributed by atoms with Gasteiger partial charge in [0.2, 0.25) is 0 Å². The lowest BCUT2D eigenvalue weighted by atomic mass is 10.3. The first-order valence-electron chi connectivity index (χ1n) is 9.65. The van der Waals surface area contributed by atoms with Gasteiger partial charge in [0.1, 0.15) is 34.5 Å². The second-order valence-corrected chi connectivity index (χ2v) is 5.98. The molecule has 0 saturated carbocycles. The topological polar surface area (TPSA) is 88.4 Å². The van der Waals surface area contributed by atoms with Gasteiger partial charge in [0, 0.05) is 18.2 Å². The molecular formula is C24H30O6. The Labute approximate surface area is 177 Å². The number of ether oxygens (including phenoxy) is 3. The summed E-state index contributed by atoms with van der Waals surface area (Å²) in [5, 5.41) is 26.9. The molecule has 0 amide bonds. The fourth-order valence-electron chi connectivity index (χ4n) is 2.14. The van der Waals surface area contributed by atoms with E-state index in [2.05, 4.69) is 0 Å². The molecule has 162 valence electrons. The highest BCUT2D eigenvalue weighted by atomic mass is 16.5. The Morgan fingerprint density at radius 3 is 1.43 bits per heavy atom. The van der Waals surface area contributed by atoms with E-state index in [-0.39, 0.29) is 17.2 Å². The standard InChI is InChI=1S/C9H12O2.C8H10O2.C7H8O2/c1-2-6-11-9-5-3-4-8(10)7-9;1-2-10-8-5-3-4-7(9)6-8;1-9-7-4-2-3-6(8)5-7/h3-5,7,10H,2,6H2,1H3;3-6,9H,2H2,1H3;2-5,8H,1H3. The first-order chi connectivity index (χ1) is 14.5. The van der Waals surface area contributed by atoms with Crippen molar-refractivity contribution in [3.8, 4) is 34.5 Å². The highest BCUT2D eigenvalue weighted by Gasteiger charge is 1.93. The van der Waals surface area contributed by atoms with Gasteiger partial charge in [-0.05, 0) is 49.7 Å². The molecule has 30 heavy (non-hydrogen) atoms. The van der Waals surface area contributed by atoms with Crippen molar-refractivity contribution in [3.05, 3.63) is 72.8 Å². The molecular weight excluding hydrogens is 384 g/mol. The molecule has 0 aliphatic heterocycles. The molecule has 0 atom stereocenters. The molecule has 3 aromatic carbocycles. The average Bonchev–Trinajstić information content (AvgIpc) is 2.73. The highest BCUT2D eigenvalue weighted by Crippen LogP contribution is 2.18. The van der Waals surface area contributed by atoms with Gasteiger partial charge in [0.05, 0.1) is 20.3 Å². The number of aromatic hydroxyl groups is 3. The molecule has 0 saturated heterocycles. The van der Waals surface area contributed by atoms with Crippen LogP contribution in [0.4, 0.5) is 0 Å². The predicted octanol–water partition coefficient (Wildman–Crippen LogP) is 5.37. The van der Waals surface area contributed by atoms with Gasteiger partial charge in [-0.25, -0.2) is 0 Å². The minimum Gasteiger partial charge on any atom is -0.508 e. The molecule has 3 aromatic rings. The summed E-state index contributed by atoms with van der Waals surface area (Å²) in [6.07, 6.45) is 0.982. The third kappa shape index (κ3) is 10.7. The Kier molecular flexibility index (Phi) is 11.8. The Balaban J connectivity index is 0.000000226. The number of benzene rings is 3. The zero-order valence-electron chi connectivity index (χ0n) is 17.6. The van der Waals surface area contributed by atoms with E-state index >= 15 is 0 Å². The molecule has 0 aliphatic rings. The number of methoxy groups -OCH3 is 1. The van der Waals surface area contributed by atoms with E-state index in [0.717, 1.165) is 12.2 Å². The number of hydrogen-bond donors (Lipinski definition) is 3. The number of phenols is 3. The van der Waals surface area contributed by atoms with E-state index in [1.54, 1.807) is 67.8 Å². The Hall–Kier alpha value is -3.54. The van der Waals surface area contributed by atoms with Crippen molar-refractivity contribution >= 4 is 0 Å². The summed E-state index contributed by atoms with van der Waals surface area (Å²) in [7, 11) is 1.56. The lowest BCUT2D eigenvalue weighted by molar-refractivity contribution is 0.315. The molecule has 0 aromatic heterocycles. The van der Waals surface area contributed by atoms with Crippen LogP contribution in [0.15, 0.2) is 72.8 Å². The van der Waals surface area contributed by atoms with Crippen LogP contribution in [0.1, 0.15) is 20.3 Å². The molecule has 0 radical (unpaired) electrons. The number of phenolic OH excluding ortho intramolecular Hbond substituents is 3. The van der Waals surface area contributed by atoms with Crippen LogP contribution >= 0.6 is 0 Å². The fraction of sp³-hybridized carbons (Fsp3) is 0.250. The van der Waals surface area contributed by atoms with Crippen molar-refractivity contribution in [3.63, 3.8) is 0 Å². The lowest BCUT2D eigenvalue weighted by Crippen LogP contribution is -1.93. The van der Waals surface area contributed by atoms with Gasteiger partial charge in [0.15, 0.2) is 0 Å². The Bertz CT molecular complexity index is 850. The molecule has 3 rings (SSSR count). The molecule has 0 aliphatic carbocycles. The fourth-order valence-corrected chi connectivity index (χ4v) is 2.14. The minimum absolute atomic E-state index is 0.231. The summed E-state index contributed by atoms with van der Waals surface area (Å²) in [6.45, 7) is 5.28. The molecule has 6 nitrogen and oxygen atoms in total. The van der Waals surface area contributed by atoms with Crippen LogP contribution in [0.5, 0.6) is 34.5 Å². The van der Waals surface area contributed by atoms with E-state index in [9.17, 15) is 0 Å². The van der Waals surface area contributed by atoms with Crippen LogP contribution in [0, 0.1) is 0 Å². The first-order valence-corrected chi connectivity index (χ1v) is 9.65. The minimum atomic E-state index is 0.231. The maximum absolute atomic E-state index is 9.03. The van der Waals surface area contributed by atoms with Crippen LogP contribution in [-0.4, -0.2) is 35.6 Å². The van der Waals surface area contributed by atoms with Crippen molar-refractivity contribution < 1.29 is 29.5 Å². The number of hydrogen-bond acceptors (Lipinski definition) is 6. The smallest absolute Gasteiger partial charge is 0.122 e. The van der Waals surface area contributed by atoms with Crippen molar-refractivity contribution in [2.45, 2.75) is 20.3 Å². The van der Waals surface area contributed by atoms with E-state index in [4.69, 9.17) is 29.5 Å². The molecule has 6 heteroatoms. The summed E-state index contributed by atoms with van der Waals surface area (Å²) in [6, 6.07) is 20.2. The van der Waals surface area contributed by atoms with Crippen molar-refractivity contribution in [2.75, 3.05) is 20.3 Å². The summed E-state index contributed by atoms with van der Waals surface area (Å²) in [5.74, 6) is 2.84. The van der Waals surface area contributed by atoms with Gasteiger partial charge >= 0.3 is 0 Å². The molecule has 0 fully saturated rings. The van der Waals surface area contributed by atoms with E-state index in [1.165, 1.54) is 0 Å². The van der Waals surface area contributed by atoms with Crippen molar-refractivity contribution in [1.82, 2.24) is 0 Å². The monoisotopic (exact) mass is 414 g/mol. The Morgan fingerprint density at radius 1 is 0.633 bits per heavy atom. The SMILES string of the molecule is CCCOc1cccc(O)c1.CCOc1cccc(O)c1.COc1cccc(O)c1. The second-order valence-electron chi connectivity index (χ2n) is 5.98. The van der Waals surface area contributed by atoms with E-state index in [1.807, 2.05) is 26.0 Å². The summed E-state index contributed by atoms with van der Waals surface area (Å²) in [4.78, 5) is 0. The van der Waals surface area contributed by atoms with Gasteiger partial charge in [-0.15, -0.1) is 0 Å². The number of rotatable bonds is 6. The van der Waals surface area contributed by atoms with E-state index < -0.39 is 0 Å². The third-order valence-electron chi connectivity index (χ3n) is 3.47. The quantitative estimate of drug-likeness (QED) is 0.502. The molecule has 0 bridgehead atoms. The van der Waals surface area contributed by atoms with Gasteiger partial charge in [-0.1, -0.05) is 25.1 Å². The molecule has 3 N–H and O–H groups in total. The maximum Gasteiger partial charge on any atom is 0.122 e. The highest BCUT2D eigenvalue weighted by molar-refractivity contribution is 5.32. The zero-order valence-corrected chi connectivity index (χ0v) is 17.6. The largest absolute Gasteiger partial charge is 0.508 e. The van der Waals surface area contributed by atoms with Gasteiger partial charge in [-0.2, -0.15) is 0 Å². The lowest BCUT2D eigenvalue weighted by Gasteiger charge is -2.03. The zero-order chi connectivity index (χ0) is 22.2. The van der Waals surface area contributed by atoms with Gasteiger partial charge in [0.25, 0.3) is 0 Å². The molecule has 0 unspecified atom stereocenters. The average molecular weight is 414 g/mol. The maximum atomic E-state index is 9.03. The van der Waals surface area contributed by atoms with Crippen LogP contribution in [-0.2, 0) is 0 Å². The third-order valence-corrected chi connectivity index (χ3v) is 3.47. The van der Waals surface area contributed by atoms with Crippen LogP contribution in [0.2, 0.25) is 0 Å². The van der Waals surface area contributed by atoms with Crippen LogP contribution < -0.4 is 14.2 Å². The normalized spacial score (nSPS) is 9.30. The molecule has 0 spiro atoms. The van der Waals surface area contributed by atoms with Crippen molar-refractivity contribution in [2.24, 2.45) is 0 Å². The second kappa shape index (κ2) is 14.5. The van der Waals surface area contributed by atoms with Gasteiger partial charge < -0.3 is 29.5 Å². The van der Waals surface area contributed by atoms with Gasteiger partial charge in [-0.3, -0.25) is 0 Å². The van der Waals surface area contributed by atoms with Crippen LogP contribution in [0.25, 0.3) is 0 Å². The summed E-state index contributed by atoms with van der Waals surface area (Å²) >= 11 is 0. The van der Waals surface area contributed by atoms with Crippen molar-refractivity contribution in [1.29, 1.82) is 0 Å². The first kappa shape index (κ1) is 24.5. The van der Waals surface area contributed by atoms with Crippen LogP contribution in [0.3, 0.4) is 0 Å². The Morgan fingerprint density at radius 2 is 1.07 bits per heavy atom.